The second-order valence-corrected chi connectivity index (χ2v) is 11.8. The first-order valence-corrected chi connectivity index (χ1v) is 15.1. The second kappa shape index (κ2) is 12.0. The number of thiazole rings is 1. The molecule has 4 aromatic rings. The Kier molecular flexibility index (Phi) is 8.24. The number of carbonyl (C=O) groups excluding carboxylic acids is 2. The molecule has 3 aromatic carbocycles. The van der Waals surface area contributed by atoms with Crippen LogP contribution in [0.4, 0.5) is 9.93 Å². The van der Waals surface area contributed by atoms with Crippen molar-refractivity contribution < 1.29 is 22.7 Å². The third-order valence-electron chi connectivity index (χ3n) is 6.53. The largest absolute Gasteiger partial charge is 0.450 e. The van der Waals surface area contributed by atoms with Gasteiger partial charge in [0.2, 0.25) is 10.0 Å². The Labute approximate surface area is 237 Å². The van der Waals surface area contributed by atoms with E-state index in [1.54, 1.807) is 6.92 Å². The molecule has 5 rings (SSSR count). The number of carbonyl (C=O) groups is 2. The third-order valence-corrected chi connectivity index (χ3v) is 9.20. The standard InChI is InChI=1S/C29H28N4O5S2/c1-2-38-29(35)32-16-18-33(19-17-32)40(36,37)25-14-12-24(13-15-25)27(34)31-28-30-26(20-39-28)23-10-8-22(9-11-23)21-6-4-3-5-7-21/h3-15,20H,2,16-19H2,1H3,(H,30,31,34). The van der Waals surface area contributed by atoms with E-state index in [1.807, 2.05) is 47.8 Å². The van der Waals surface area contributed by atoms with E-state index in [-0.39, 0.29) is 43.6 Å². The molecule has 2 heterocycles. The Morgan fingerprint density at radius 3 is 2.15 bits per heavy atom. The van der Waals surface area contributed by atoms with Gasteiger partial charge in [0, 0.05) is 42.7 Å². The number of anilines is 1. The van der Waals surface area contributed by atoms with Crippen molar-refractivity contribution in [3.05, 3.63) is 89.8 Å². The van der Waals surface area contributed by atoms with Crippen molar-refractivity contribution in [1.29, 1.82) is 0 Å². The van der Waals surface area contributed by atoms with E-state index in [0.717, 1.165) is 22.4 Å². The zero-order valence-electron chi connectivity index (χ0n) is 21.8. The van der Waals surface area contributed by atoms with Gasteiger partial charge >= 0.3 is 6.09 Å². The first-order chi connectivity index (χ1) is 19.3. The lowest BCUT2D eigenvalue weighted by atomic mass is 10.0. The van der Waals surface area contributed by atoms with Crippen molar-refractivity contribution in [3.8, 4) is 22.4 Å². The van der Waals surface area contributed by atoms with Crippen molar-refractivity contribution in [2.24, 2.45) is 0 Å². The monoisotopic (exact) mass is 576 g/mol. The number of aromatic nitrogens is 1. The van der Waals surface area contributed by atoms with Gasteiger partial charge in [0.15, 0.2) is 5.13 Å². The van der Waals surface area contributed by atoms with Crippen molar-refractivity contribution in [3.63, 3.8) is 0 Å². The zero-order valence-corrected chi connectivity index (χ0v) is 23.5. The van der Waals surface area contributed by atoms with Crippen LogP contribution in [0.3, 0.4) is 0 Å². The van der Waals surface area contributed by atoms with Crippen molar-refractivity contribution in [2.45, 2.75) is 11.8 Å². The number of hydrogen-bond acceptors (Lipinski definition) is 7. The van der Waals surface area contributed by atoms with Gasteiger partial charge in [-0.05, 0) is 42.3 Å². The van der Waals surface area contributed by atoms with E-state index in [2.05, 4.69) is 22.4 Å². The fourth-order valence-corrected chi connectivity index (χ4v) is 6.49. The normalized spacial score (nSPS) is 14.1. The molecule has 11 heteroatoms. The van der Waals surface area contributed by atoms with Crippen LogP contribution in [-0.2, 0) is 14.8 Å². The van der Waals surface area contributed by atoms with Gasteiger partial charge in [0.1, 0.15) is 0 Å². The lowest BCUT2D eigenvalue weighted by Crippen LogP contribution is -2.50. The molecule has 0 spiro atoms. The Balaban J connectivity index is 1.20. The summed E-state index contributed by atoms with van der Waals surface area (Å²) < 4.78 is 32.5. The number of nitrogens with zero attached hydrogens (tertiary/aromatic N) is 3. The average molecular weight is 577 g/mol. The Bertz CT molecular complexity index is 1580. The smallest absolute Gasteiger partial charge is 0.409 e. The summed E-state index contributed by atoms with van der Waals surface area (Å²) in [5.74, 6) is -0.382. The van der Waals surface area contributed by atoms with E-state index < -0.39 is 16.1 Å². The fourth-order valence-electron chi connectivity index (χ4n) is 4.35. The van der Waals surface area contributed by atoms with Crippen LogP contribution >= 0.6 is 11.3 Å². The molecule has 1 fully saturated rings. The van der Waals surface area contributed by atoms with Gasteiger partial charge in [-0.2, -0.15) is 4.31 Å². The summed E-state index contributed by atoms with van der Waals surface area (Å²) >= 11 is 1.32. The highest BCUT2D eigenvalue weighted by Gasteiger charge is 2.30. The second-order valence-electron chi connectivity index (χ2n) is 9.05. The van der Waals surface area contributed by atoms with E-state index in [9.17, 15) is 18.0 Å². The van der Waals surface area contributed by atoms with Gasteiger partial charge in [-0.25, -0.2) is 18.2 Å². The summed E-state index contributed by atoms with van der Waals surface area (Å²) in [6.07, 6.45) is -0.441. The number of sulfonamides is 1. The highest BCUT2D eigenvalue weighted by atomic mass is 32.2. The quantitative estimate of drug-likeness (QED) is 0.324. The van der Waals surface area contributed by atoms with Gasteiger partial charge in [-0.3, -0.25) is 10.1 Å². The zero-order chi connectivity index (χ0) is 28.1. The van der Waals surface area contributed by atoms with Crippen LogP contribution in [0.2, 0.25) is 0 Å². The third kappa shape index (κ3) is 6.06. The first-order valence-electron chi connectivity index (χ1n) is 12.8. The van der Waals surface area contributed by atoms with Crippen LogP contribution < -0.4 is 5.32 Å². The minimum Gasteiger partial charge on any atom is -0.450 e. The number of amides is 2. The van der Waals surface area contributed by atoms with Crippen LogP contribution in [0, 0.1) is 0 Å². The maximum Gasteiger partial charge on any atom is 0.409 e. The average Bonchev–Trinajstić information content (AvgIpc) is 3.46. The summed E-state index contributed by atoms with van der Waals surface area (Å²) in [6.45, 7) is 2.85. The van der Waals surface area contributed by atoms with Crippen molar-refractivity contribution in [2.75, 3.05) is 38.1 Å². The molecule has 40 heavy (non-hydrogen) atoms. The molecular weight excluding hydrogens is 548 g/mol. The topological polar surface area (TPSA) is 109 Å². The number of nitrogens with one attached hydrogen (secondary N) is 1. The first kappa shape index (κ1) is 27.5. The molecule has 1 aliphatic rings. The fraction of sp³-hybridized carbons (Fsp3) is 0.207. The molecule has 206 valence electrons. The van der Waals surface area contributed by atoms with Crippen LogP contribution in [0.1, 0.15) is 17.3 Å². The predicted octanol–water partition coefficient (Wildman–Crippen LogP) is 5.19. The molecule has 0 aliphatic carbocycles. The molecule has 1 N–H and O–H groups in total. The molecule has 0 bridgehead atoms. The molecule has 9 nitrogen and oxygen atoms in total. The van der Waals surface area contributed by atoms with Gasteiger partial charge in [0.05, 0.1) is 17.2 Å². The SMILES string of the molecule is CCOC(=O)N1CCN(S(=O)(=O)c2ccc(C(=O)Nc3nc(-c4ccc(-c5ccccc5)cc4)cs3)cc2)CC1. The van der Waals surface area contributed by atoms with Crippen molar-refractivity contribution >= 4 is 38.5 Å². The van der Waals surface area contributed by atoms with E-state index in [0.29, 0.717) is 10.7 Å². The maximum atomic E-state index is 13.1. The number of piperazine rings is 1. The maximum absolute atomic E-state index is 13.1. The van der Waals surface area contributed by atoms with E-state index in [4.69, 9.17) is 4.74 Å². The molecular formula is C29H28N4O5S2. The van der Waals surface area contributed by atoms with Crippen molar-refractivity contribution in [1.82, 2.24) is 14.2 Å². The molecule has 1 saturated heterocycles. The molecule has 2 amide bonds. The van der Waals surface area contributed by atoms with Gasteiger partial charge in [0.25, 0.3) is 5.91 Å². The molecule has 0 unspecified atom stereocenters. The number of rotatable bonds is 7. The van der Waals surface area contributed by atoms with E-state index >= 15 is 0 Å². The molecule has 0 radical (unpaired) electrons. The summed E-state index contributed by atoms with van der Waals surface area (Å²) in [4.78, 5) is 30.8. The highest BCUT2D eigenvalue weighted by Crippen LogP contribution is 2.28. The van der Waals surface area contributed by atoms with Gasteiger partial charge < -0.3 is 9.64 Å². The van der Waals surface area contributed by atoms with Crippen LogP contribution in [-0.4, -0.2) is 67.4 Å². The number of hydrogen-bond donors (Lipinski definition) is 1. The van der Waals surface area contributed by atoms with Gasteiger partial charge in [-0.1, -0.05) is 54.6 Å². The lowest BCUT2D eigenvalue weighted by Gasteiger charge is -2.33. The molecule has 0 saturated carbocycles. The summed E-state index contributed by atoms with van der Waals surface area (Å²) in [5.41, 5.74) is 4.25. The lowest BCUT2D eigenvalue weighted by molar-refractivity contribution is 0.0933. The Morgan fingerprint density at radius 2 is 1.50 bits per heavy atom. The van der Waals surface area contributed by atoms with E-state index in [1.165, 1.54) is 44.8 Å². The van der Waals surface area contributed by atoms with Crippen LogP contribution in [0.25, 0.3) is 22.4 Å². The minimum absolute atomic E-state index is 0.0871. The number of benzene rings is 3. The van der Waals surface area contributed by atoms with Gasteiger partial charge in [-0.15, -0.1) is 11.3 Å². The Morgan fingerprint density at radius 1 is 0.875 bits per heavy atom. The van der Waals surface area contributed by atoms with Crippen LogP contribution in [0.15, 0.2) is 89.1 Å². The molecule has 1 aromatic heterocycles. The molecule has 0 atom stereocenters. The summed E-state index contributed by atoms with van der Waals surface area (Å²) in [6, 6.07) is 24.0. The summed E-state index contributed by atoms with van der Waals surface area (Å²) in [7, 11) is -3.76. The minimum atomic E-state index is -3.76. The molecule has 1 aliphatic heterocycles. The van der Waals surface area contributed by atoms with Crippen LogP contribution in [0.5, 0.6) is 0 Å². The Hall–Kier alpha value is -4.06. The summed E-state index contributed by atoms with van der Waals surface area (Å²) in [5, 5.41) is 5.12. The number of ether oxygens (including phenoxy) is 1. The highest BCUT2D eigenvalue weighted by molar-refractivity contribution is 7.89. The predicted molar refractivity (Wildman–Crippen MR) is 155 cm³/mol.